The molecule has 2 aromatic rings. The van der Waals surface area contributed by atoms with Crippen LogP contribution in [0.15, 0.2) is 42.5 Å². The number of piperidine rings is 1. The summed E-state index contributed by atoms with van der Waals surface area (Å²) in [5.74, 6) is -3.08. The van der Waals surface area contributed by atoms with Gasteiger partial charge in [-0.3, -0.25) is 9.59 Å². The van der Waals surface area contributed by atoms with Crippen LogP contribution in [0.5, 0.6) is 0 Å². The Bertz CT molecular complexity index is 891. The topological polar surface area (TPSA) is 52.7 Å². The van der Waals surface area contributed by atoms with E-state index in [-0.39, 0.29) is 18.9 Å². The summed E-state index contributed by atoms with van der Waals surface area (Å²) in [4.78, 5) is 28.2. The Morgan fingerprint density at radius 3 is 2.28 bits per heavy atom. The molecule has 152 valence electrons. The van der Waals surface area contributed by atoms with Gasteiger partial charge in [0.05, 0.1) is 5.92 Å². The van der Waals surface area contributed by atoms with Crippen molar-refractivity contribution in [2.75, 3.05) is 34.8 Å². The molecule has 5 nitrogen and oxygen atoms in total. The number of hydrogen-bond donors (Lipinski definition) is 1. The van der Waals surface area contributed by atoms with Gasteiger partial charge >= 0.3 is 0 Å². The third kappa shape index (κ3) is 4.09. The normalized spacial score (nSPS) is 19.5. The Labute approximate surface area is 168 Å². The Balaban J connectivity index is 1.41. The highest BCUT2D eigenvalue weighted by Crippen LogP contribution is 2.30. The number of halogens is 2. The standard InChI is InChI=1S/C22H23F2N3O2/c23-18-5-4-6-19(24)21(18)27-14-15(13-20(27)28)22(29)25-16-7-9-17(10-8-16)26-11-2-1-3-12-26/h4-10,15H,1-3,11-14H2,(H,25,29). The number of hydrogen-bond acceptors (Lipinski definition) is 3. The van der Waals surface area contributed by atoms with Crippen molar-refractivity contribution in [1.29, 1.82) is 0 Å². The molecule has 2 aromatic carbocycles. The largest absolute Gasteiger partial charge is 0.372 e. The van der Waals surface area contributed by atoms with Crippen molar-refractivity contribution < 1.29 is 18.4 Å². The molecule has 0 aliphatic carbocycles. The van der Waals surface area contributed by atoms with Crippen LogP contribution in [-0.2, 0) is 9.59 Å². The van der Waals surface area contributed by atoms with Crippen molar-refractivity contribution in [1.82, 2.24) is 0 Å². The van der Waals surface area contributed by atoms with Gasteiger partial charge in [0.1, 0.15) is 17.3 Å². The van der Waals surface area contributed by atoms with E-state index in [2.05, 4.69) is 10.2 Å². The Morgan fingerprint density at radius 1 is 0.966 bits per heavy atom. The minimum Gasteiger partial charge on any atom is -0.372 e. The predicted molar refractivity (Wildman–Crippen MR) is 108 cm³/mol. The highest BCUT2D eigenvalue weighted by atomic mass is 19.1. The Morgan fingerprint density at radius 2 is 1.62 bits per heavy atom. The fourth-order valence-corrected chi connectivity index (χ4v) is 4.00. The number of nitrogens with one attached hydrogen (secondary N) is 1. The molecular formula is C22H23F2N3O2. The van der Waals surface area contributed by atoms with E-state index >= 15 is 0 Å². The van der Waals surface area contributed by atoms with Crippen LogP contribution in [0.3, 0.4) is 0 Å². The first-order valence-electron chi connectivity index (χ1n) is 9.93. The average Bonchev–Trinajstić information content (AvgIpc) is 3.11. The van der Waals surface area contributed by atoms with E-state index in [0.717, 1.165) is 35.8 Å². The number of nitrogens with zero attached hydrogens (tertiary/aromatic N) is 2. The second-order valence-electron chi connectivity index (χ2n) is 7.56. The van der Waals surface area contributed by atoms with E-state index in [0.29, 0.717) is 5.69 Å². The van der Waals surface area contributed by atoms with Crippen molar-refractivity contribution >= 4 is 28.9 Å². The average molecular weight is 399 g/mol. The van der Waals surface area contributed by atoms with Gasteiger partial charge in [0.25, 0.3) is 0 Å². The van der Waals surface area contributed by atoms with Crippen LogP contribution in [-0.4, -0.2) is 31.4 Å². The molecule has 1 unspecified atom stereocenters. The molecule has 2 amide bonds. The highest BCUT2D eigenvalue weighted by molar-refractivity contribution is 6.03. The van der Waals surface area contributed by atoms with Gasteiger partial charge in [-0.2, -0.15) is 0 Å². The summed E-state index contributed by atoms with van der Waals surface area (Å²) in [7, 11) is 0. The maximum Gasteiger partial charge on any atom is 0.229 e. The fourth-order valence-electron chi connectivity index (χ4n) is 4.00. The quantitative estimate of drug-likeness (QED) is 0.847. The lowest BCUT2D eigenvalue weighted by Crippen LogP contribution is -2.30. The number of rotatable bonds is 4. The molecule has 2 saturated heterocycles. The first-order valence-corrected chi connectivity index (χ1v) is 9.93. The van der Waals surface area contributed by atoms with E-state index < -0.39 is 29.1 Å². The third-order valence-corrected chi connectivity index (χ3v) is 5.56. The second-order valence-corrected chi connectivity index (χ2v) is 7.56. The lowest BCUT2D eigenvalue weighted by atomic mass is 10.1. The zero-order valence-corrected chi connectivity index (χ0v) is 16.0. The molecule has 2 fully saturated rings. The molecule has 7 heteroatoms. The van der Waals surface area contributed by atoms with E-state index in [1.807, 2.05) is 24.3 Å². The molecule has 0 saturated carbocycles. The molecule has 0 spiro atoms. The summed E-state index contributed by atoms with van der Waals surface area (Å²) < 4.78 is 28.0. The fraction of sp³-hybridized carbons (Fsp3) is 0.364. The molecule has 0 radical (unpaired) electrons. The number of anilines is 3. The van der Waals surface area contributed by atoms with Gasteiger partial charge in [-0.05, 0) is 55.7 Å². The van der Waals surface area contributed by atoms with Crippen LogP contribution >= 0.6 is 0 Å². The van der Waals surface area contributed by atoms with Crippen LogP contribution in [0.1, 0.15) is 25.7 Å². The van der Waals surface area contributed by atoms with Crippen LogP contribution in [0.25, 0.3) is 0 Å². The molecule has 2 aliphatic rings. The van der Waals surface area contributed by atoms with Crippen molar-refractivity contribution in [2.24, 2.45) is 5.92 Å². The second kappa shape index (κ2) is 8.19. The van der Waals surface area contributed by atoms with E-state index in [9.17, 15) is 18.4 Å². The van der Waals surface area contributed by atoms with Crippen molar-refractivity contribution in [3.05, 3.63) is 54.1 Å². The summed E-state index contributed by atoms with van der Waals surface area (Å²) in [5, 5.41) is 2.81. The molecular weight excluding hydrogens is 376 g/mol. The summed E-state index contributed by atoms with van der Waals surface area (Å²) in [6, 6.07) is 11.1. The summed E-state index contributed by atoms with van der Waals surface area (Å²) in [6.45, 7) is 2.03. The van der Waals surface area contributed by atoms with Gasteiger partial charge in [-0.15, -0.1) is 0 Å². The van der Waals surface area contributed by atoms with Gasteiger partial charge < -0.3 is 15.1 Å². The summed E-state index contributed by atoms with van der Waals surface area (Å²) in [6.07, 6.45) is 3.56. The molecule has 2 heterocycles. The van der Waals surface area contributed by atoms with Crippen LogP contribution < -0.4 is 15.1 Å². The zero-order chi connectivity index (χ0) is 20.4. The molecule has 0 aromatic heterocycles. The van der Waals surface area contributed by atoms with Crippen molar-refractivity contribution in [2.45, 2.75) is 25.7 Å². The number of carbonyl (C=O) groups excluding carboxylic acids is 2. The number of carbonyl (C=O) groups is 2. The molecule has 0 bridgehead atoms. The van der Waals surface area contributed by atoms with Gasteiger partial charge in [0, 0.05) is 37.4 Å². The number of benzene rings is 2. The molecule has 1 atom stereocenters. The van der Waals surface area contributed by atoms with Crippen molar-refractivity contribution in [3.8, 4) is 0 Å². The number of amides is 2. The molecule has 1 N–H and O–H groups in total. The van der Waals surface area contributed by atoms with Gasteiger partial charge in [-0.25, -0.2) is 8.78 Å². The van der Waals surface area contributed by atoms with Gasteiger partial charge in [0.2, 0.25) is 11.8 Å². The van der Waals surface area contributed by atoms with Crippen LogP contribution in [0.4, 0.5) is 25.8 Å². The van der Waals surface area contributed by atoms with Gasteiger partial charge in [0.15, 0.2) is 0 Å². The first-order chi connectivity index (χ1) is 14.0. The lowest BCUT2D eigenvalue weighted by molar-refractivity contribution is -0.122. The smallest absolute Gasteiger partial charge is 0.229 e. The number of para-hydroxylation sites is 1. The highest BCUT2D eigenvalue weighted by Gasteiger charge is 2.37. The predicted octanol–water partition coefficient (Wildman–Crippen LogP) is 3.95. The monoisotopic (exact) mass is 399 g/mol. The SMILES string of the molecule is O=C(Nc1ccc(N2CCCCC2)cc1)C1CC(=O)N(c2c(F)cccc2F)C1. The molecule has 29 heavy (non-hydrogen) atoms. The lowest BCUT2D eigenvalue weighted by Gasteiger charge is -2.28. The minimum atomic E-state index is -0.812. The Hall–Kier alpha value is -2.96. The summed E-state index contributed by atoms with van der Waals surface area (Å²) >= 11 is 0. The minimum absolute atomic E-state index is 0.0472. The summed E-state index contributed by atoms with van der Waals surface area (Å²) in [5.41, 5.74) is 1.37. The van der Waals surface area contributed by atoms with E-state index in [1.165, 1.54) is 25.3 Å². The maximum atomic E-state index is 14.0. The van der Waals surface area contributed by atoms with Crippen molar-refractivity contribution in [3.63, 3.8) is 0 Å². The first kappa shape index (κ1) is 19.4. The van der Waals surface area contributed by atoms with Crippen LogP contribution in [0, 0.1) is 17.6 Å². The molecule has 2 aliphatic heterocycles. The molecule has 4 rings (SSSR count). The maximum absolute atomic E-state index is 14.0. The zero-order valence-electron chi connectivity index (χ0n) is 16.0. The van der Waals surface area contributed by atoms with E-state index in [1.54, 1.807) is 0 Å². The van der Waals surface area contributed by atoms with Crippen LogP contribution in [0.2, 0.25) is 0 Å². The Kier molecular flexibility index (Phi) is 5.47. The third-order valence-electron chi connectivity index (χ3n) is 5.56. The van der Waals surface area contributed by atoms with Gasteiger partial charge in [-0.1, -0.05) is 6.07 Å². The van der Waals surface area contributed by atoms with E-state index in [4.69, 9.17) is 0 Å².